The van der Waals surface area contributed by atoms with Gasteiger partial charge in [-0.25, -0.2) is 9.59 Å². The molecule has 44 heavy (non-hydrogen) atoms. The minimum atomic E-state index is -2.29. The zero-order chi connectivity index (χ0) is 31.3. The Labute approximate surface area is 254 Å². The van der Waals surface area contributed by atoms with Crippen molar-refractivity contribution < 1.29 is 38.9 Å². The van der Waals surface area contributed by atoms with Crippen molar-refractivity contribution in [2.24, 2.45) is 0 Å². The van der Waals surface area contributed by atoms with Crippen molar-refractivity contribution in [2.75, 3.05) is 0 Å². The first-order valence-electron chi connectivity index (χ1n) is 13.8. The minimum Gasteiger partial charge on any atom is -0.459 e. The van der Waals surface area contributed by atoms with E-state index in [2.05, 4.69) is 10.6 Å². The molecule has 0 aliphatic carbocycles. The van der Waals surface area contributed by atoms with E-state index in [0.29, 0.717) is 11.1 Å². The van der Waals surface area contributed by atoms with Crippen molar-refractivity contribution >= 4 is 23.8 Å². The number of rotatable bonds is 13. The molecule has 0 bridgehead atoms. The largest absolute Gasteiger partial charge is 0.459 e. The maximum absolute atomic E-state index is 13.0. The minimum absolute atomic E-state index is 0.0618. The molecule has 0 radical (unpaired) electrons. The molecule has 4 aromatic rings. The van der Waals surface area contributed by atoms with Crippen LogP contribution < -0.4 is 10.6 Å². The van der Waals surface area contributed by atoms with Gasteiger partial charge in [-0.3, -0.25) is 9.59 Å². The number of carbonyl (C=O) groups is 4. The Balaban J connectivity index is 1.43. The average Bonchev–Trinajstić information content (AvgIpc) is 3.08. The summed E-state index contributed by atoms with van der Waals surface area (Å²) >= 11 is 0. The Morgan fingerprint density at radius 2 is 0.795 bits per heavy atom. The lowest BCUT2D eigenvalue weighted by atomic mass is 10.0. The second-order valence-corrected chi connectivity index (χ2v) is 9.78. The second-order valence-electron chi connectivity index (χ2n) is 9.78. The lowest BCUT2D eigenvalue weighted by Crippen LogP contribution is -2.52. The Morgan fingerprint density at radius 3 is 1.11 bits per heavy atom. The second kappa shape index (κ2) is 15.8. The Morgan fingerprint density at radius 1 is 0.500 bits per heavy atom. The molecule has 4 atom stereocenters. The molecule has 0 saturated carbocycles. The van der Waals surface area contributed by atoms with Gasteiger partial charge < -0.3 is 30.3 Å². The van der Waals surface area contributed by atoms with E-state index < -0.39 is 48.0 Å². The van der Waals surface area contributed by atoms with Gasteiger partial charge in [-0.15, -0.1) is 0 Å². The van der Waals surface area contributed by atoms with Gasteiger partial charge in [0.25, 0.3) is 11.8 Å². The van der Waals surface area contributed by atoms with E-state index in [1.54, 1.807) is 109 Å². The zero-order valence-electron chi connectivity index (χ0n) is 23.6. The number of ether oxygens (including phenoxy) is 2. The molecule has 0 heterocycles. The molecule has 10 nitrogen and oxygen atoms in total. The zero-order valence-corrected chi connectivity index (χ0v) is 23.6. The molecule has 2 amide bonds. The highest BCUT2D eigenvalue weighted by atomic mass is 16.5. The van der Waals surface area contributed by atoms with Crippen LogP contribution in [0.1, 0.15) is 34.3 Å². The summed E-state index contributed by atoms with van der Waals surface area (Å²) in [6.45, 7) is -0.124. The van der Waals surface area contributed by atoms with Gasteiger partial charge in [0.15, 0.2) is 24.3 Å². The van der Waals surface area contributed by atoms with E-state index in [0.717, 1.165) is 11.1 Å². The maximum Gasteiger partial charge on any atom is 0.333 e. The van der Waals surface area contributed by atoms with Crippen LogP contribution in [0.15, 0.2) is 121 Å². The highest BCUT2D eigenvalue weighted by molar-refractivity contribution is 5.94. The molecule has 0 aliphatic heterocycles. The van der Waals surface area contributed by atoms with Crippen molar-refractivity contribution in [1.29, 1.82) is 0 Å². The molecule has 0 aliphatic rings. The van der Waals surface area contributed by atoms with Gasteiger partial charge in [-0.05, 0) is 22.3 Å². The van der Waals surface area contributed by atoms with Gasteiger partial charge in [-0.1, -0.05) is 121 Å². The number of esters is 2. The third-order valence-corrected chi connectivity index (χ3v) is 6.59. The van der Waals surface area contributed by atoms with Crippen LogP contribution in [0.3, 0.4) is 0 Å². The quantitative estimate of drug-likeness (QED) is 0.172. The molecule has 226 valence electrons. The number of hydrogen-bond donors (Lipinski definition) is 4. The highest BCUT2D eigenvalue weighted by Crippen LogP contribution is 2.18. The maximum atomic E-state index is 13.0. The summed E-state index contributed by atoms with van der Waals surface area (Å²) in [6.07, 6.45) is -4.58. The van der Waals surface area contributed by atoms with Crippen LogP contribution in [0.25, 0.3) is 0 Å². The summed E-state index contributed by atoms with van der Waals surface area (Å²) < 4.78 is 10.8. The molecule has 0 spiro atoms. The summed E-state index contributed by atoms with van der Waals surface area (Å²) in [5.41, 5.74) is 2.16. The molecule has 10 heteroatoms. The number of carbonyl (C=O) groups excluding carboxylic acids is 4. The third-order valence-electron chi connectivity index (χ3n) is 6.59. The predicted octanol–water partition coefficient (Wildman–Crippen LogP) is 2.91. The number of hydrogen-bond acceptors (Lipinski definition) is 8. The van der Waals surface area contributed by atoms with E-state index in [4.69, 9.17) is 9.47 Å². The molecule has 4 aromatic carbocycles. The van der Waals surface area contributed by atoms with Crippen LogP contribution in [0.4, 0.5) is 0 Å². The fraction of sp³-hybridized carbons (Fsp3) is 0.176. The lowest BCUT2D eigenvalue weighted by molar-refractivity contribution is -0.155. The summed E-state index contributed by atoms with van der Waals surface area (Å²) in [4.78, 5) is 52.0. The van der Waals surface area contributed by atoms with Crippen molar-refractivity contribution in [3.05, 3.63) is 144 Å². The van der Waals surface area contributed by atoms with Crippen LogP contribution in [-0.2, 0) is 41.9 Å². The first kappa shape index (κ1) is 31.6. The molecule has 0 unspecified atom stereocenters. The van der Waals surface area contributed by atoms with Crippen molar-refractivity contribution in [1.82, 2.24) is 10.6 Å². The van der Waals surface area contributed by atoms with Gasteiger partial charge in [0.1, 0.15) is 13.2 Å². The SMILES string of the molecule is O=C(OCc1ccccc1)[C@H](NC(=O)[C@H](O)[C@@H](O)C(=O)N[C@@H](C(=O)OCc1ccccc1)c1ccccc1)c1ccccc1. The van der Waals surface area contributed by atoms with Gasteiger partial charge in [0.2, 0.25) is 0 Å². The third kappa shape index (κ3) is 8.84. The van der Waals surface area contributed by atoms with Gasteiger partial charge in [-0.2, -0.15) is 0 Å². The molecule has 0 aromatic heterocycles. The standard InChI is InChI=1S/C34H32N2O8/c37-29(31(39)35-27(25-17-9-3-10-18-25)33(41)43-21-23-13-5-1-6-14-23)30(38)32(40)36-28(26-19-11-4-12-20-26)34(42)44-22-24-15-7-2-8-16-24/h1-20,27-30,37-38H,21-22H2,(H,35,39)(H,36,40)/t27-,28-,29-,30-/m1/s1. The van der Waals surface area contributed by atoms with Crippen molar-refractivity contribution in [2.45, 2.75) is 37.5 Å². The molecule has 4 rings (SSSR count). The fourth-order valence-electron chi connectivity index (χ4n) is 4.21. The Hall–Kier alpha value is -5.32. The monoisotopic (exact) mass is 596 g/mol. The predicted molar refractivity (Wildman–Crippen MR) is 159 cm³/mol. The molecule has 0 saturated heterocycles. The lowest BCUT2D eigenvalue weighted by Gasteiger charge is -2.24. The summed E-state index contributed by atoms with van der Waals surface area (Å²) in [5, 5.41) is 26.0. The number of amides is 2. The first-order valence-corrected chi connectivity index (χ1v) is 13.8. The van der Waals surface area contributed by atoms with Gasteiger partial charge in [0.05, 0.1) is 0 Å². The van der Waals surface area contributed by atoms with Crippen molar-refractivity contribution in [3.63, 3.8) is 0 Å². The first-order chi connectivity index (χ1) is 21.3. The Bertz CT molecular complexity index is 1400. The van der Waals surface area contributed by atoms with E-state index in [1.165, 1.54) is 0 Å². The number of benzene rings is 4. The van der Waals surface area contributed by atoms with E-state index >= 15 is 0 Å². The average molecular weight is 597 g/mol. The summed E-state index contributed by atoms with van der Waals surface area (Å²) in [6, 6.07) is 31.5. The van der Waals surface area contributed by atoms with E-state index in [1.807, 2.05) is 12.1 Å². The van der Waals surface area contributed by atoms with Gasteiger partial charge in [0, 0.05) is 0 Å². The van der Waals surface area contributed by atoms with Crippen LogP contribution in [0.5, 0.6) is 0 Å². The van der Waals surface area contributed by atoms with Crippen LogP contribution in [-0.4, -0.2) is 46.2 Å². The van der Waals surface area contributed by atoms with E-state index in [9.17, 15) is 29.4 Å². The topological polar surface area (TPSA) is 151 Å². The molecular weight excluding hydrogens is 564 g/mol. The number of nitrogens with one attached hydrogen (secondary N) is 2. The number of aliphatic hydroxyl groups excluding tert-OH is 2. The molecule has 0 fully saturated rings. The summed E-state index contributed by atoms with van der Waals surface area (Å²) in [7, 11) is 0. The summed E-state index contributed by atoms with van der Waals surface area (Å²) in [5.74, 6) is -4.04. The van der Waals surface area contributed by atoms with Gasteiger partial charge >= 0.3 is 11.9 Å². The normalized spacial score (nSPS) is 13.4. The highest BCUT2D eigenvalue weighted by Gasteiger charge is 2.36. The Kier molecular flexibility index (Phi) is 11.3. The van der Waals surface area contributed by atoms with Crippen LogP contribution >= 0.6 is 0 Å². The van der Waals surface area contributed by atoms with Crippen LogP contribution in [0, 0.1) is 0 Å². The molecule has 4 N–H and O–H groups in total. The smallest absolute Gasteiger partial charge is 0.333 e. The fourth-order valence-corrected chi connectivity index (χ4v) is 4.21. The number of aliphatic hydroxyl groups is 2. The van der Waals surface area contributed by atoms with Crippen molar-refractivity contribution in [3.8, 4) is 0 Å². The van der Waals surface area contributed by atoms with E-state index in [-0.39, 0.29) is 13.2 Å². The van der Waals surface area contributed by atoms with Crippen LogP contribution in [0.2, 0.25) is 0 Å². The molecular formula is C34H32N2O8.